The van der Waals surface area contributed by atoms with Gasteiger partial charge in [-0.2, -0.15) is 0 Å². The molecule has 2 atom stereocenters. The Bertz CT molecular complexity index is 656. The number of guanidine groups is 1. The van der Waals surface area contributed by atoms with Crippen LogP contribution in [-0.2, 0) is 10.8 Å². The quantitative estimate of drug-likeness (QED) is 0.304. The summed E-state index contributed by atoms with van der Waals surface area (Å²) in [4.78, 5) is 6.85. The molecule has 0 bridgehead atoms. The van der Waals surface area contributed by atoms with Crippen molar-refractivity contribution in [3.63, 3.8) is 0 Å². The molecule has 1 fully saturated rings. The number of rotatable bonds is 8. The second kappa shape index (κ2) is 12.7. The van der Waals surface area contributed by atoms with Crippen molar-refractivity contribution in [1.29, 1.82) is 0 Å². The highest BCUT2D eigenvalue weighted by Gasteiger charge is 2.24. The van der Waals surface area contributed by atoms with Gasteiger partial charge < -0.3 is 15.4 Å². The van der Waals surface area contributed by atoms with Gasteiger partial charge >= 0.3 is 0 Å². The molecule has 1 aliphatic heterocycles. The molecule has 0 radical (unpaired) electrons. The van der Waals surface area contributed by atoms with Gasteiger partial charge in [-0.3, -0.25) is 14.1 Å². The summed E-state index contributed by atoms with van der Waals surface area (Å²) in [5, 5.41) is 6.75. The number of aliphatic imine (C=N–C) groups is 1. The standard InChI is InChI=1S/C21H36N4O2S.HI/c1-21(2,3)28(26)15-12-23-20(22-4)24-16-19(25-13-6-7-14-25)17-8-10-18(27-5)11-9-17;/h8-11,19H,6-7,12-16H2,1-5H3,(H2,22,23,24);1H. The van der Waals surface area contributed by atoms with Crippen LogP contribution in [0.2, 0.25) is 0 Å². The van der Waals surface area contributed by atoms with E-state index in [9.17, 15) is 4.21 Å². The Balaban J connectivity index is 0.00000420. The average molecular weight is 537 g/mol. The minimum atomic E-state index is -0.869. The number of methoxy groups -OCH3 is 1. The first kappa shape index (κ1) is 26.2. The van der Waals surface area contributed by atoms with E-state index in [0.29, 0.717) is 12.3 Å². The van der Waals surface area contributed by atoms with Crippen molar-refractivity contribution in [3.8, 4) is 5.75 Å². The predicted molar refractivity (Wildman–Crippen MR) is 134 cm³/mol. The summed E-state index contributed by atoms with van der Waals surface area (Å²) in [7, 11) is 2.59. The fraction of sp³-hybridized carbons (Fsp3) is 0.667. The van der Waals surface area contributed by atoms with Gasteiger partial charge in [-0.05, 0) is 64.4 Å². The number of benzene rings is 1. The van der Waals surface area contributed by atoms with Crippen LogP contribution >= 0.6 is 24.0 Å². The van der Waals surface area contributed by atoms with Crippen molar-refractivity contribution in [3.05, 3.63) is 29.8 Å². The average Bonchev–Trinajstić information content (AvgIpc) is 3.20. The van der Waals surface area contributed by atoms with Crippen molar-refractivity contribution in [2.24, 2.45) is 4.99 Å². The van der Waals surface area contributed by atoms with Crippen LogP contribution in [0, 0.1) is 0 Å². The Labute approximate surface area is 195 Å². The molecular formula is C21H37IN4O2S. The molecule has 0 aliphatic carbocycles. The number of halogens is 1. The number of hydrogen-bond donors (Lipinski definition) is 2. The third-order valence-corrected chi connectivity index (χ3v) is 6.97. The van der Waals surface area contributed by atoms with Crippen molar-refractivity contribution in [1.82, 2.24) is 15.5 Å². The Hall–Kier alpha value is -0.870. The van der Waals surface area contributed by atoms with Gasteiger partial charge in [-0.25, -0.2) is 0 Å². The molecule has 166 valence electrons. The zero-order valence-corrected chi connectivity index (χ0v) is 21.5. The van der Waals surface area contributed by atoms with Gasteiger partial charge in [0.1, 0.15) is 5.75 Å². The van der Waals surface area contributed by atoms with E-state index in [0.717, 1.165) is 31.3 Å². The second-order valence-corrected chi connectivity index (χ2v) is 10.4. The van der Waals surface area contributed by atoms with Crippen LogP contribution < -0.4 is 15.4 Å². The summed E-state index contributed by atoms with van der Waals surface area (Å²) in [6.45, 7) is 9.67. The molecule has 0 spiro atoms. The number of nitrogens with one attached hydrogen (secondary N) is 2. The molecule has 1 heterocycles. The SMILES string of the molecule is CN=C(NCCS(=O)C(C)(C)C)NCC(c1ccc(OC)cc1)N1CCCC1.I. The molecule has 6 nitrogen and oxygen atoms in total. The van der Waals surface area contributed by atoms with Crippen LogP contribution in [0.15, 0.2) is 29.3 Å². The smallest absolute Gasteiger partial charge is 0.191 e. The molecule has 2 unspecified atom stereocenters. The van der Waals surface area contributed by atoms with E-state index in [1.165, 1.54) is 18.4 Å². The zero-order valence-electron chi connectivity index (χ0n) is 18.4. The van der Waals surface area contributed by atoms with Crippen molar-refractivity contribution >= 4 is 40.7 Å². The number of ether oxygens (including phenoxy) is 1. The van der Waals surface area contributed by atoms with Crippen molar-refractivity contribution < 1.29 is 8.95 Å². The van der Waals surface area contributed by atoms with E-state index in [2.05, 4.69) is 32.7 Å². The Kier molecular flexibility index (Phi) is 11.5. The lowest BCUT2D eigenvalue weighted by Gasteiger charge is -2.29. The molecule has 1 aromatic rings. The van der Waals surface area contributed by atoms with Gasteiger partial charge in [0.05, 0.1) is 13.2 Å². The van der Waals surface area contributed by atoms with E-state index in [4.69, 9.17) is 4.74 Å². The summed E-state index contributed by atoms with van der Waals surface area (Å²) in [5.74, 6) is 2.24. The highest BCUT2D eigenvalue weighted by molar-refractivity contribution is 14.0. The first-order chi connectivity index (χ1) is 13.3. The third-order valence-electron chi connectivity index (χ3n) is 5.03. The molecule has 1 saturated heterocycles. The number of likely N-dealkylation sites (tertiary alicyclic amines) is 1. The Morgan fingerprint density at radius 3 is 2.34 bits per heavy atom. The summed E-state index contributed by atoms with van der Waals surface area (Å²) >= 11 is 0. The Morgan fingerprint density at radius 1 is 1.21 bits per heavy atom. The molecule has 29 heavy (non-hydrogen) atoms. The van der Waals surface area contributed by atoms with Crippen LogP contribution in [0.3, 0.4) is 0 Å². The predicted octanol–water partition coefficient (Wildman–Crippen LogP) is 3.16. The monoisotopic (exact) mass is 536 g/mol. The molecule has 0 saturated carbocycles. The second-order valence-electron chi connectivity index (χ2n) is 8.07. The van der Waals surface area contributed by atoms with E-state index in [1.807, 2.05) is 32.9 Å². The topological polar surface area (TPSA) is 66.0 Å². The number of nitrogens with zero attached hydrogens (tertiary/aromatic N) is 2. The highest BCUT2D eigenvalue weighted by atomic mass is 127. The first-order valence-corrected chi connectivity index (χ1v) is 11.4. The summed E-state index contributed by atoms with van der Waals surface area (Å²) < 4.78 is 17.3. The van der Waals surface area contributed by atoms with Gasteiger partial charge in [0.2, 0.25) is 0 Å². The van der Waals surface area contributed by atoms with Gasteiger partial charge in [0.15, 0.2) is 5.96 Å². The zero-order chi connectivity index (χ0) is 20.6. The number of hydrogen-bond acceptors (Lipinski definition) is 4. The van der Waals surface area contributed by atoms with E-state index in [1.54, 1.807) is 14.2 Å². The molecule has 8 heteroatoms. The minimum absolute atomic E-state index is 0. The molecule has 1 aliphatic rings. The van der Waals surface area contributed by atoms with E-state index >= 15 is 0 Å². The summed E-state index contributed by atoms with van der Waals surface area (Å²) in [5.41, 5.74) is 1.28. The lowest BCUT2D eigenvalue weighted by molar-refractivity contribution is 0.245. The maximum absolute atomic E-state index is 12.2. The third kappa shape index (κ3) is 8.41. The molecule has 1 aromatic carbocycles. The fourth-order valence-corrected chi connectivity index (χ4v) is 4.22. The Morgan fingerprint density at radius 2 is 1.83 bits per heavy atom. The van der Waals surface area contributed by atoms with Gasteiger partial charge in [-0.1, -0.05) is 12.1 Å². The summed E-state index contributed by atoms with van der Waals surface area (Å²) in [6, 6.07) is 8.62. The fourth-order valence-electron chi connectivity index (χ4n) is 3.32. The summed E-state index contributed by atoms with van der Waals surface area (Å²) in [6.07, 6.45) is 2.50. The lowest BCUT2D eigenvalue weighted by atomic mass is 10.1. The normalized spacial score (nSPS) is 17.3. The van der Waals surface area contributed by atoms with Crippen LogP contribution in [0.5, 0.6) is 5.75 Å². The first-order valence-electron chi connectivity index (χ1n) is 10.1. The molecule has 2 N–H and O–H groups in total. The van der Waals surface area contributed by atoms with Crippen molar-refractivity contribution in [2.75, 3.05) is 46.1 Å². The van der Waals surface area contributed by atoms with E-state index in [-0.39, 0.29) is 34.8 Å². The molecule has 2 rings (SSSR count). The maximum atomic E-state index is 12.2. The van der Waals surface area contributed by atoms with Gasteiger partial charge in [0, 0.05) is 41.4 Å². The van der Waals surface area contributed by atoms with Crippen molar-refractivity contribution in [2.45, 2.75) is 44.4 Å². The minimum Gasteiger partial charge on any atom is -0.497 e. The van der Waals surface area contributed by atoms with Crippen LogP contribution in [0.1, 0.15) is 45.2 Å². The molecular weight excluding hydrogens is 499 g/mol. The van der Waals surface area contributed by atoms with Crippen LogP contribution in [-0.4, -0.2) is 65.9 Å². The van der Waals surface area contributed by atoms with Crippen LogP contribution in [0.25, 0.3) is 0 Å². The highest BCUT2D eigenvalue weighted by Crippen LogP contribution is 2.26. The van der Waals surface area contributed by atoms with Gasteiger partial charge in [0.25, 0.3) is 0 Å². The maximum Gasteiger partial charge on any atom is 0.191 e. The molecule has 0 aromatic heterocycles. The lowest BCUT2D eigenvalue weighted by Crippen LogP contribution is -2.44. The largest absolute Gasteiger partial charge is 0.497 e. The van der Waals surface area contributed by atoms with Crippen LogP contribution in [0.4, 0.5) is 0 Å². The van der Waals surface area contributed by atoms with E-state index < -0.39 is 10.8 Å². The molecule has 0 amide bonds. The van der Waals surface area contributed by atoms with Gasteiger partial charge in [-0.15, -0.1) is 24.0 Å².